The number of aliphatic hydroxyl groups is 1. The molecule has 2 aromatic carbocycles. The van der Waals surface area contributed by atoms with E-state index in [0.717, 1.165) is 26.1 Å². The molecule has 0 spiro atoms. The second-order valence-corrected chi connectivity index (χ2v) is 6.17. The SMILES string of the molecule is CCN(CC)c1ccc(CN[C@@H]2c3ccccc3C[C@@H]2O)cc1. The normalized spacial score (nSPS) is 19.6. The number of nitrogens with one attached hydrogen (secondary N) is 1. The number of nitrogens with zero attached hydrogens (tertiary/aromatic N) is 1. The Labute approximate surface area is 139 Å². The van der Waals surface area contributed by atoms with Gasteiger partial charge in [-0.25, -0.2) is 0 Å². The van der Waals surface area contributed by atoms with Gasteiger partial charge in [0.2, 0.25) is 0 Å². The van der Waals surface area contributed by atoms with Gasteiger partial charge >= 0.3 is 0 Å². The highest BCUT2D eigenvalue weighted by atomic mass is 16.3. The Balaban J connectivity index is 1.65. The van der Waals surface area contributed by atoms with Gasteiger partial charge in [-0.05, 0) is 42.7 Å². The van der Waals surface area contributed by atoms with Crippen LogP contribution in [0.15, 0.2) is 48.5 Å². The van der Waals surface area contributed by atoms with Crippen LogP contribution in [0.1, 0.15) is 36.6 Å². The summed E-state index contributed by atoms with van der Waals surface area (Å²) >= 11 is 0. The maximum atomic E-state index is 10.3. The molecule has 2 N–H and O–H groups in total. The number of anilines is 1. The maximum absolute atomic E-state index is 10.3. The minimum atomic E-state index is -0.331. The molecule has 3 rings (SSSR count). The van der Waals surface area contributed by atoms with E-state index >= 15 is 0 Å². The molecule has 0 saturated heterocycles. The number of hydrogen-bond donors (Lipinski definition) is 2. The Kier molecular flexibility index (Phi) is 4.99. The summed E-state index contributed by atoms with van der Waals surface area (Å²) in [7, 11) is 0. The van der Waals surface area contributed by atoms with Crippen molar-refractivity contribution in [3.63, 3.8) is 0 Å². The average Bonchev–Trinajstić information content (AvgIpc) is 2.90. The van der Waals surface area contributed by atoms with E-state index in [1.807, 2.05) is 12.1 Å². The molecule has 0 fully saturated rings. The number of benzene rings is 2. The van der Waals surface area contributed by atoms with Crippen molar-refractivity contribution in [3.05, 3.63) is 65.2 Å². The van der Waals surface area contributed by atoms with Gasteiger partial charge in [-0.1, -0.05) is 36.4 Å². The lowest BCUT2D eigenvalue weighted by atomic mass is 10.1. The van der Waals surface area contributed by atoms with Gasteiger partial charge in [0.15, 0.2) is 0 Å². The van der Waals surface area contributed by atoms with Crippen molar-refractivity contribution < 1.29 is 5.11 Å². The fraction of sp³-hybridized carbons (Fsp3) is 0.400. The molecule has 3 nitrogen and oxygen atoms in total. The summed E-state index contributed by atoms with van der Waals surface area (Å²) in [4.78, 5) is 2.34. The highest BCUT2D eigenvalue weighted by Gasteiger charge is 2.29. The van der Waals surface area contributed by atoms with Gasteiger partial charge in [-0.2, -0.15) is 0 Å². The van der Waals surface area contributed by atoms with Crippen LogP contribution in [0.3, 0.4) is 0 Å². The zero-order valence-corrected chi connectivity index (χ0v) is 14.0. The summed E-state index contributed by atoms with van der Waals surface area (Å²) in [5.41, 5.74) is 5.01. The molecule has 0 aliphatic heterocycles. The summed E-state index contributed by atoms with van der Waals surface area (Å²) < 4.78 is 0. The van der Waals surface area contributed by atoms with Crippen LogP contribution in [-0.2, 0) is 13.0 Å². The Hall–Kier alpha value is -1.84. The smallest absolute Gasteiger partial charge is 0.0775 e. The molecule has 1 aliphatic rings. The first-order valence-corrected chi connectivity index (χ1v) is 8.56. The fourth-order valence-corrected chi connectivity index (χ4v) is 3.46. The molecule has 0 aromatic heterocycles. The third kappa shape index (κ3) is 3.41. The van der Waals surface area contributed by atoms with E-state index in [0.29, 0.717) is 0 Å². The maximum Gasteiger partial charge on any atom is 0.0775 e. The predicted octanol–water partition coefficient (Wildman–Crippen LogP) is 3.28. The first kappa shape index (κ1) is 16.0. The second kappa shape index (κ2) is 7.16. The van der Waals surface area contributed by atoms with E-state index in [2.05, 4.69) is 60.5 Å². The quantitative estimate of drug-likeness (QED) is 0.859. The topological polar surface area (TPSA) is 35.5 Å². The molecule has 122 valence electrons. The standard InChI is InChI=1S/C20H26N2O/c1-3-22(4-2)17-11-9-15(10-12-17)14-21-20-18-8-6-5-7-16(18)13-19(20)23/h5-12,19-21,23H,3-4,13-14H2,1-2H3/t19-,20+/m0/s1. The van der Waals surface area contributed by atoms with Crippen molar-refractivity contribution in [3.8, 4) is 0 Å². The van der Waals surface area contributed by atoms with Crippen LogP contribution in [0, 0.1) is 0 Å². The van der Waals surface area contributed by atoms with E-state index in [4.69, 9.17) is 0 Å². The zero-order valence-electron chi connectivity index (χ0n) is 14.0. The van der Waals surface area contributed by atoms with E-state index in [1.54, 1.807) is 0 Å². The van der Waals surface area contributed by atoms with Crippen molar-refractivity contribution in [2.75, 3.05) is 18.0 Å². The van der Waals surface area contributed by atoms with E-state index in [-0.39, 0.29) is 12.1 Å². The summed E-state index contributed by atoms with van der Waals surface area (Å²) in [6.45, 7) is 7.18. The van der Waals surface area contributed by atoms with Crippen LogP contribution in [0.25, 0.3) is 0 Å². The molecule has 23 heavy (non-hydrogen) atoms. The largest absolute Gasteiger partial charge is 0.391 e. The van der Waals surface area contributed by atoms with Crippen molar-refractivity contribution in [1.29, 1.82) is 0 Å². The minimum Gasteiger partial charge on any atom is -0.391 e. The summed E-state index contributed by atoms with van der Waals surface area (Å²) in [5.74, 6) is 0. The highest BCUT2D eigenvalue weighted by Crippen LogP contribution is 2.31. The van der Waals surface area contributed by atoms with E-state index in [1.165, 1.54) is 22.4 Å². The molecule has 2 aromatic rings. The van der Waals surface area contributed by atoms with Crippen LogP contribution in [0.4, 0.5) is 5.69 Å². The lowest BCUT2D eigenvalue weighted by Crippen LogP contribution is -2.28. The Morgan fingerprint density at radius 2 is 1.74 bits per heavy atom. The van der Waals surface area contributed by atoms with Crippen LogP contribution < -0.4 is 10.2 Å². The number of rotatable bonds is 6. The lowest BCUT2D eigenvalue weighted by molar-refractivity contribution is 0.140. The van der Waals surface area contributed by atoms with Gasteiger partial charge in [0.05, 0.1) is 12.1 Å². The third-order valence-electron chi connectivity index (χ3n) is 4.80. The minimum absolute atomic E-state index is 0.0358. The van der Waals surface area contributed by atoms with E-state index in [9.17, 15) is 5.11 Å². The molecule has 0 bridgehead atoms. The van der Waals surface area contributed by atoms with Crippen molar-refractivity contribution in [2.45, 2.75) is 39.0 Å². The number of aliphatic hydroxyl groups excluding tert-OH is 1. The first-order valence-electron chi connectivity index (χ1n) is 8.56. The van der Waals surface area contributed by atoms with Crippen molar-refractivity contribution in [1.82, 2.24) is 5.32 Å². The monoisotopic (exact) mass is 310 g/mol. The van der Waals surface area contributed by atoms with Crippen LogP contribution in [-0.4, -0.2) is 24.3 Å². The molecule has 0 radical (unpaired) electrons. The zero-order chi connectivity index (χ0) is 16.2. The molecule has 0 amide bonds. The molecule has 2 atom stereocenters. The molecule has 0 saturated carbocycles. The van der Waals surface area contributed by atoms with Gasteiger partial charge in [-0.3, -0.25) is 0 Å². The molecule has 0 unspecified atom stereocenters. The van der Waals surface area contributed by atoms with Gasteiger partial charge < -0.3 is 15.3 Å². The highest BCUT2D eigenvalue weighted by molar-refractivity contribution is 5.47. The molecule has 1 aliphatic carbocycles. The Morgan fingerprint density at radius 3 is 2.43 bits per heavy atom. The van der Waals surface area contributed by atoms with Gasteiger partial charge in [0.1, 0.15) is 0 Å². The van der Waals surface area contributed by atoms with Crippen LogP contribution in [0.2, 0.25) is 0 Å². The fourth-order valence-electron chi connectivity index (χ4n) is 3.46. The second-order valence-electron chi connectivity index (χ2n) is 6.17. The Morgan fingerprint density at radius 1 is 1.04 bits per heavy atom. The molecule has 3 heteroatoms. The molecular weight excluding hydrogens is 284 g/mol. The first-order chi connectivity index (χ1) is 11.2. The van der Waals surface area contributed by atoms with Gasteiger partial charge in [0.25, 0.3) is 0 Å². The number of fused-ring (bicyclic) bond motifs is 1. The predicted molar refractivity (Wildman–Crippen MR) is 95.7 cm³/mol. The molecule has 0 heterocycles. The van der Waals surface area contributed by atoms with Gasteiger partial charge in [0, 0.05) is 31.7 Å². The third-order valence-corrected chi connectivity index (χ3v) is 4.80. The number of hydrogen-bond acceptors (Lipinski definition) is 3. The van der Waals surface area contributed by atoms with Gasteiger partial charge in [-0.15, -0.1) is 0 Å². The lowest BCUT2D eigenvalue weighted by Gasteiger charge is -2.22. The van der Waals surface area contributed by atoms with Crippen LogP contribution >= 0.6 is 0 Å². The Bertz CT molecular complexity index is 634. The van der Waals surface area contributed by atoms with Crippen molar-refractivity contribution in [2.24, 2.45) is 0 Å². The molecular formula is C20H26N2O. The van der Waals surface area contributed by atoms with E-state index < -0.39 is 0 Å². The average molecular weight is 310 g/mol. The summed E-state index contributed by atoms with van der Waals surface area (Å²) in [5, 5.41) is 13.8. The summed E-state index contributed by atoms with van der Waals surface area (Å²) in [6.07, 6.45) is 0.414. The summed E-state index contributed by atoms with van der Waals surface area (Å²) in [6, 6.07) is 17.1. The van der Waals surface area contributed by atoms with Crippen molar-refractivity contribution >= 4 is 5.69 Å². The van der Waals surface area contributed by atoms with Crippen LogP contribution in [0.5, 0.6) is 0 Å².